The van der Waals surface area contributed by atoms with Crippen LogP contribution in [-0.2, 0) is 0 Å². The van der Waals surface area contributed by atoms with Gasteiger partial charge in [0.15, 0.2) is 0 Å². The predicted octanol–water partition coefficient (Wildman–Crippen LogP) is 3.57. The molecule has 2 aromatic carbocycles. The number of nitrogens with one attached hydrogen (secondary N) is 1. The molecule has 1 aliphatic rings. The minimum absolute atomic E-state index is 0.00758. The van der Waals surface area contributed by atoms with Gasteiger partial charge < -0.3 is 5.32 Å². The molecule has 1 N–H and O–H groups in total. The average molecular weight is 366 g/mol. The smallest absolute Gasteiger partial charge is 0.270 e. The number of nitro groups is 1. The average Bonchev–Trinajstić information content (AvgIpc) is 2.79. The summed E-state index contributed by atoms with van der Waals surface area (Å²) in [7, 11) is 0. The highest BCUT2D eigenvalue weighted by atomic mass is 35.5. The van der Waals surface area contributed by atoms with E-state index in [0.29, 0.717) is 15.7 Å². The van der Waals surface area contributed by atoms with Gasteiger partial charge in [0.1, 0.15) is 0 Å². The second kappa shape index (κ2) is 6.10. The molecule has 2 aromatic rings. The predicted molar refractivity (Wildman–Crippen MR) is 88.5 cm³/mol. The number of hydrogen-bond acceptors (Lipinski definition) is 5. The molecular weight excluding hydrogens is 357 g/mol. The lowest BCUT2D eigenvalue weighted by atomic mass is 10.1. The zero-order valence-corrected chi connectivity index (χ0v) is 13.5. The van der Waals surface area contributed by atoms with Crippen molar-refractivity contribution in [2.75, 3.05) is 12.0 Å². The van der Waals surface area contributed by atoms with Crippen molar-refractivity contribution in [3.8, 4) is 0 Å². The lowest BCUT2D eigenvalue weighted by Crippen LogP contribution is -2.34. The zero-order chi connectivity index (χ0) is 17.4. The number of anilines is 1. The number of hydrogen-bond donors (Lipinski definition) is 1. The summed E-state index contributed by atoms with van der Waals surface area (Å²) in [5, 5.41) is 14.5. The number of halogens is 2. The first-order valence-electron chi connectivity index (χ1n) is 6.72. The van der Waals surface area contributed by atoms with Crippen LogP contribution in [0.4, 0.5) is 11.4 Å². The zero-order valence-electron chi connectivity index (χ0n) is 12.0. The van der Waals surface area contributed by atoms with Gasteiger partial charge in [0, 0.05) is 17.2 Å². The van der Waals surface area contributed by atoms with Crippen molar-refractivity contribution in [2.24, 2.45) is 0 Å². The Hall–Kier alpha value is -2.64. The van der Waals surface area contributed by atoms with E-state index in [1.807, 2.05) is 0 Å². The molecule has 0 saturated heterocycles. The molecule has 0 bridgehead atoms. The molecule has 0 radical (unpaired) electrons. The molecule has 1 heterocycles. The van der Waals surface area contributed by atoms with Crippen LogP contribution in [-0.4, -0.2) is 28.3 Å². The fraction of sp³-hybridized carbons (Fsp3) is 0.0667. The Bertz CT molecular complexity index is 885. The number of nitro benzene ring substituents is 1. The number of fused-ring (bicyclic) bond motifs is 1. The Morgan fingerprint density at radius 3 is 2.46 bits per heavy atom. The first kappa shape index (κ1) is 16.2. The SMILES string of the molecule is O=C1c2ccc([N+](=O)[O-])cc2C(=O)N1CNc1cc(Cl)ccc1Cl. The molecule has 3 rings (SSSR count). The summed E-state index contributed by atoms with van der Waals surface area (Å²) in [6.07, 6.45) is 0. The van der Waals surface area contributed by atoms with Gasteiger partial charge in [0.25, 0.3) is 17.5 Å². The van der Waals surface area contributed by atoms with Crippen molar-refractivity contribution in [1.29, 1.82) is 0 Å². The van der Waals surface area contributed by atoms with Gasteiger partial charge in [-0.3, -0.25) is 24.6 Å². The highest BCUT2D eigenvalue weighted by molar-refractivity contribution is 6.35. The van der Waals surface area contributed by atoms with E-state index in [4.69, 9.17) is 23.2 Å². The van der Waals surface area contributed by atoms with Gasteiger partial charge in [-0.05, 0) is 24.3 Å². The largest absolute Gasteiger partial charge is 0.366 e. The van der Waals surface area contributed by atoms with E-state index in [1.54, 1.807) is 18.2 Å². The molecule has 1 aliphatic heterocycles. The molecule has 24 heavy (non-hydrogen) atoms. The summed E-state index contributed by atoms with van der Waals surface area (Å²) >= 11 is 11.9. The quantitative estimate of drug-likeness (QED) is 0.507. The molecular formula is C15H9Cl2N3O4. The Morgan fingerprint density at radius 2 is 1.75 bits per heavy atom. The van der Waals surface area contributed by atoms with Gasteiger partial charge in [0.2, 0.25) is 0 Å². The molecule has 0 unspecified atom stereocenters. The van der Waals surface area contributed by atoms with E-state index in [9.17, 15) is 19.7 Å². The third kappa shape index (κ3) is 2.79. The van der Waals surface area contributed by atoms with Crippen LogP contribution in [0.1, 0.15) is 20.7 Å². The highest BCUT2D eigenvalue weighted by Crippen LogP contribution is 2.28. The van der Waals surface area contributed by atoms with Crippen LogP contribution in [0.25, 0.3) is 0 Å². The van der Waals surface area contributed by atoms with Crippen LogP contribution in [0.2, 0.25) is 10.0 Å². The maximum atomic E-state index is 12.3. The summed E-state index contributed by atoms with van der Waals surface area (Å²) in [4.78, 5) is 35.8. The molecule has 0 spiro atoms. The summed E-state index contributed by atoms with van der Waals surface area (Å²) in [5.74, 6) is -1.14. The maximum Gasteiger partial charge on any atom is 0.270 e. The summed E-state index contributed by atoms with van der Waals surface area (Å²) in [6.45, 7) is -0.139. The van der Waals surface area contributed by atoms with E-state index in [2.05, 4.69) is 5.32 Å². The Balaban J connectivity index is 1.83. The first-order valence-corrected chi connectivity index (χ1v) is 7.47. The number of carbonyl (C=O) groups excluding carboxylic acids is 2. The van der Waals surface area contributed by atoms with Gasteiger partial charge in [-0.1, -0.05) is 23.2 Å². The Morgan fingerprint density at radius 1 is 1.04 bits per heavy atom. The van der Waals surface area contributed by atoms with Gasteiger partial charge in [-0.15, -0.1) is 0 Å². The third-order valence-electron chi connectivity index (χ3n) is 3.52. The lowest BCUT2D eigenvalue weighted by molar-refractivity contribution is -0.384. The number of benzene rings is 2. The van der Waals surface area contributed by atoms with Crippen molar-refractivity contribution in [3.63, 3.8) is 0 Å². The Labute approximate surface area is 145 Å². The topological polar surface area (TPSA) is 92.5 Å². The fourth-order valence-electron chi connectivity index (χ4n) is 2.33. The summed E-state index contributed by atoms with van der Waals surface area (Å²) in [6, 6.07) is 8.32. The number of rotatable bonds is 4. The van der Waals surface area contributed by atoms with Gasteiger partial charge >= 0.3 is 0 Å². The monoisotopic (exact) mass is 365 g/mol. The van der Waals surface area contributed by atoms with E-state index in [0.717, 1.165) is 11.0 Å². The molecule has 0 aliphatic carbocycles. The van der Waals surface area contributed by atoms with Crippen LogP contribution >= 0.6 is 23.2 Å². The van der Waals surface area contributed by atoms with E-state index < -0.39 is 16.7 Å². The molecule has 0 fully saturated rings. The summed E-state index contributed by atoms with van der Waals surface area (Å²) < 4.78 is 0. The van der Waals surface area contributed by atoms with Crippen molar-refractivity contribution in [3.05, 3.63) is 67.7 Å². The lowest BCUT2D eigenvalue weighted by Gasteiger charge is -2.16. The molecule has 7 nitrogen and oxygen atoms in total. The molecule has 122 valence electrons. The van der Waals surface area contributed by atoms with Gasteiger partial charge in [0.05, 0.1) is 33.4 Å². The molecule has 9 heteroatoms. The highest BCUT2D eigenvalue weighted by Gasteiger charge is 2.36. The normalized spacial score (nSPS) is 13.2. The molecule has 2 amide bonds. The second-order valence-electron chi connectivity index (χ2n) is 4.98. The first-order chi connectivity index (χ1) is 11.4. The minimum atomic E-state index is -0.620. The molecule has 0 aromatic heterocycles. The van der Waals surface area contributed by atoms with E-state index >= 15 is 0 Å². The van der Waals surface area contributed by atoms with Crippen molar-refractivity contribution >= 4 is 46.4 Å². The number of imide groups is 1. The van der Waals surface area contributed by atoms with Crippen LogP contribution < -0.4 is 5.32 Å². The van der Waals surface area contributed by atoms with Crippen LogP contribution in [0.5, 0.6) is 0 Å². The molecule has 0 atom stereocenters. The second-order valence-corrected chi connectivity index (χ2v) is 5.83. The number of amides is 2. The number of carbonyl (C=O) groups is 2. The van der Waals surface area contributed by atoms with Crippen molar-refractivity contribution < 1.29 is 14.5 Å². The van der Waals surface area contributed by atoms with Gasteiger partial charge in [-0.2, -0.15) is 0 Å². The van der Waals surface area contributed by atoms with Crippen molar-refractivity contribution in [2.45, 2.75) is 0 Å². The molecule has 0 saturated carbocycles. The van der Waals surface area contributed by atoms with Crippen molar-refractivity contribution in [1.82, 2.24) is 4.90 Å². The minimum Gasteiger partial charge on any atom is -0.366 e. The van der Waals surface area contributed by atoms with Crippen LogP contribution in [0.3, 0.4) is 0 Å². The van der Waals surface area contributed by atoms with Crippen LogP contribution in [0.15, 0.2) is 36.4 Å². The fourth-order valence-corrected chi connectivity index (χ4v) is 2.69. The van der Waals surface area contributed by atoms with Gasteiger partial charge in [-0.25, -0.2) is 0 Å². The Kier molecular flexibility index (Phi) is 4.13. The standard InChI is InChI=1S/C15H9Cl2N3O4/c16-8-1-4-12(17)13(5-8)18-7-19-14(21)10-3-2-9(20(23)24)6-11(10)15(19)22/h1-6,18H,7H2. The van der Waals surface area contributed by atoms with Crippen LogP contribution in [0, 0.1) is 10.1 Å². The third-order valence-corrected chi connectivity index (χ3v) is 4.09. The number of nitrogens with zero attached hydrogens (tertiary/aromatic N) is 2. The van der Waals surface area contributed by atoms with E-state index in [1.165, 1.54) is 12.1 Å². The maximum absolute atomic E-state index is 12.3. The van der Waals surface area contributed by atoms with E-state index in [-0.39, 0.29) is 23.5 Å². The number of non-ortho nitro benzene ring substituents is 1. The summed E-state index contributed by atoms with van der Waals surface area (Å²) in [5.41, 5.74) is 0.354.